The molecule has 0 radical (unpaired) electrons. The third kappa shape index (κ3) is 5.15. The van der Waals surface area contributed by atoms with Crippen molar-refractivity contribution in [3.63, 3.8) is 0 Å². The van der Waals surface area contributed by atoms with E-state index in [0.717, 1.165) is 0 Å². The Balaban J connectivity index is 0. The van der Waals surface area contributed by atoms with Gasteiger partial charge in [-0.05, 0) is 21.3 Å². The van der Waals surface area contributed by atoms with Crippen molar-refractivity contribution < 1.29 is 30.2 Å². The normalized spacial score (nSPS) is 9.00. The fourth-order valence-corrected chi connectivity index (χ4v) is 1.06. The van der Waals surface area contributed by atoms with Gasteiger partial charge in [0.1, 0.15) is 0 Å². The second kappa shape index (κ2) is 8.01. The quantitative estimate of drug-likeness (QED) is 0.372. The second-order valence-corrected chi connectivity index (χ2v) is 3.66. The van der Waals surface area contributed by atoms with E-state index in [1.165, 1.54) is 0 Å². The third-order valence-corrected chi connectivity index (χ3v) is 2.12. The minimum absolute atomic E-state index is 0. The maximum atomic E-state index is 4.78. The molecule has 5 heteroatoms. The van der Waals surface area contributed by atoms with Crippen LogP contribution in [0.2, 0.25) is 0 Å². The van der Waals surface area contributed by atoms with E-state index in [4.69, 9.17) is 11.4 Å². The number of rotatable bonds is 3. The first-order chi connectivity index (χ1) is 3.35. The fourth-order valence-electron chi connectivity index (χ4n) is 0.354. The van der Waals surface area contributed by atoms with E-state index in [1.807, 2.05) is 0 Å². The summed E-state index contributed by atoms with van der Waals surface area (Å²) in [5.41, 5.74) is 0. The van der Waals surface area contributed by atoms with E-state index in [9.17, 15) is 0 Å². The van der Waals surface area contributed by atoms with Crippen LogP contribution in [0.25, 0.3) is 0 Å². The smallest absolute Gasteiger partial charge is 0.618 e. The van der Waals surface area contributed by atoms with Gasteiger partial charge < -0.3 is 11.4 Å². The molecule has 0 aromatic heterocycles. The Hall–Kier alpha value is 1.01. The summed E-state index contributed by atoms with van der Waals surface area (Å²) in [6, 6.07) is 0. The van der Waals surface area contributed by atoms with Crippen LogP contribution >= 0.6 is 0 Å². The summed E-state index contributed by atoms with van der Waals surface area (Å²) in [5, 5.41) is 0. The SMILES string of the molecule is C[O][AlH-]([O]C)[O]C.[Li+]. The molecular weight excluding hydrogens is 118 g/mol. The van der Waals surface area contributed by atoms with Gasteiger partial charge in [-0.15, -0.1) is 0 Å². The zero-order valence-corrected chi connectivity index (χ0v) is 7.35. The van der Waals surface area contributed by atoms with Crippen molar-refractivity contribution in [3.05, 3.63) is 0 Å². The number of hydrogen-bond donors (Lipinski definition) is 0. The Bertz CT molecular complexity index is 36.0. The first-order valence-electron chi connectivity index (χ1n) is 2.09. The Morgan fingerprint density at radius 3 is 1.12 bits per heavy atom. The van der Waals surface area contributed by atoms with Crippen LogP contribution in [0.5, 0.6) is 0 Å². The van der Waals surface area contributed by atoms with Crippen molar-refractivity contribution in [1.29, 1.82) is 0 Å². The first-order valence-corrected chi connectivity index (χ1v) is 3.82. The molecule has 0 fully saturated rings. The summed E-state index contributed by atoms with van der Waals surface area (Å²) in [5.74, 6) is 0. The summed E-state index contributed by atoms with van der Waals surface area (Å²) >= 11 is -1.98. The summed E-state index contributed by atoms with van der Waals surface area (Å²) in [4.78, 5) is 0. The van der Waals surface area contributed by atoms with Crippen molar-refractivity contribution >= 4 is 15.1 Å². The van der Waals surface area contributed by atoms with E-state index in [1.54, 1.807) is 21.3 Å². The summed E-state index contributed by atoms with van der Waals surface area (Å²) in [6.07, 6.45) is 0. The fraction of sp³-hybridized carbons (Fsp3) is 1.00. The average molecular weight is 128 g/mol. The van der Waals surface area contributed by atoms with Crippen LogP contribution in [-0.4, -0.2) is 36.5 Å². The minimum Gasteiger partial charge on any atom is -0.618 e. The summed E-state index contributed by atoms with van der Waals surface area (Å²) in [7, 11) is 4.77. The zero-order chi connectivity index (χ0) is 5.70. The minimum atomic E-state index is -1.98. The third-order valence-electron chi connectivity index (χ3n) is 0.707. The molecule has 0 N–H and O–H groups in total. The van der Waals surface area contributed by atoms with Gasteiger partial charge in [0, 0.05) is 0 Å². The number of hydrogen-bond acceptors (Lipinski definition) is 3. The first kappa shape index (κ1) is 11.8. The molecule has 0 spiro atoms. The molecule has 0 aliphatic rings. The molecule has 44 valence electrons. The van der Waals surface area contributed by atoms with Gasteiger partial charge in [0.05, 0.1) is 0 Å². The van der Waals surface area contributed by atoms with Crippen LogP contribution in [0.1, 0.15) is 0 Å². The summed E-state index contributed by atoms with van der Waals surface area (Å²) in [6.45, 7) is 0. The topological polar surface area (TPSA) is 27.7 Å². The largest absolute Gasteiger partial charge is 1.00 e. The van der Waals surface area contributed by atoms with Gasteiger partial charge >= 0.3 is 34.0 Å². The van der Waals surface area contributed by atoms with Crippen molar-refractivity contribution in [2.45, 2.75) is 0 Å². The van der Waals surface area contributed by atoms with Crippen LogP contribution in [0.15, 0.2) is 0 Å². The summed E-state index contributed by atoms with van der Waals surface area (Å²) < 4.78 is 14.3. The van der Waals surface area contributed by atoms with Gasteiger partial charge in [-0.3, -0.25) is 0 Å². The Kier molecular flexibility index (Phi) is 11.8. The molecule has 0 aromatic carbocycles. The molecule has 0 heterocycles. The molecule has 0 aliphatic carbocycles. The van der Waals surface area contributed by atoms with Crippen molar-refractivity contribution in [3.8, 4) is 0 Å². The molecule has 0 rings (SSSR count). The van der Waals surface area contributed by atoms with Crippen molar-refractivity contribution in [2.75, 3.05) is 21.3 Å². The molecule has 3 nitrogen and oxygen atoms in total. The van der Waals surface area contributed by atoms with Crippen LogP contribution in [0.4, 0.5) is 0 Å². The molecule has 0 aliphatic heterocycles. The molecule has 0 saturated heterocycles. The Labute approximate surface area is 66.9 Å². The van der Waals surface area contributed by atoms with Crippen LogP contribution in [0.3, 0.4) is 0 Å². The van der Waals surface area contributed by atoms with E-state index in [2.05, 4.69) is 0 Å². The van der Waals surface area contributed by atoms with Gasteiger partial charge in [0.2, 0.25) is 0 Å². The molecule has 0 atom stereocenters. The zero-order valence-electron chi connectivity index (χ0n) is 5.93. The maximum Gasteiger partial charge on any atom is 1.00 e. The van der Waals surface area contributed by atoms with Crippen LogP contribution in [-0.2, 0) is 11.4 Å². The molecule has 0 amide bonds. The average Bonchev–Trinajstić information content (AvgIpc) is 1.72. The van der Waals surface area contributed by atoms with Gasteiger partial charge in [0.25, 0.3) is 0 Å². The van der Waals surface area contributed by atoms with Gasteiger partial charge in [0.15, 0.2) is 0 Å². The predicted molar refractivity (Wildman–Crippen MR) is 28.2 cm³/mol. The van der Waals surface area contributed by atoms with E-state index < -0.39 is 15.1 Å². The molecule has 0 aromatic rings. The van der Waals surface area contributed by atoms with E-state index in [0.29, 0.717) is 0 Å². The Morgan fingerprint density at radius 1 is 0.875 bits per heavy atom. The van der Waals surface area contributed by atoms with Crippen LogP contribution in [0, 0.1) is 0 Å². The molecule has 0 saturated carbocycles. The molecular formula is C3H10AlLiO3. The van der Waals surface area contributed by atoms with Crippen molar-refractivity contribution in [1.82, 2.24) is 0 Å². The maximum absolute atomic E-state index is 4.78. The molecule has 8 heavy (non-hydrogen) atoms. The van der Waals surface area contributed by atoms with Crippen molar-refractivity contribution in [2.24, 2.45) is 0 Å². The second-order valence-electron chi connectivity index (χ2n) is 1.22. The monoisotopic (exact) mass is 128 g/mol. The van der Waals surface area contributed by atoms with Crippen LogP contribution < -0.4 is 18.9 Å². The predicted octanol–water partition coefficient (Wildman–Crippen LogP) is -3.35. The molecule has 0 unspecified atom stereocenters. The Morgan fingerprint density at radius 2 is 1.12 bits per heavy atom. The van der Waals surface area contributed by atoms with Gasteiger partial charge in [-0.25, -0.2) is 0 Å². The van der Waals surface area contributed by atoms with E-state index >= 15 is 0 Å². The van der Waals surface area contributed by atoms with E-state index in [-0.39, 0.29) is 18.9 Å². The van der Waals surface area contributed by atoms with Gasteiger partial charge in [-0.2, -0.15) is 0 Å². The standard InChI is InChI=1S/3CH3O.Al.Li.H/c3*1-2;;;/h3*1H3;;;/q3*-1;+2;+1;. The molecule has 0 bridgehead atoms. The van der Waals surface area contributed by atoms with Gasteiger partial charge in [-0.1, -0.05) is 0 Å².